The van der Waals surface area contributed by atoms with Gasteiger partial charge in [0, 0.05) is 13.1 Å². The number of nitrogens with one attached hydrogen (secondary N) is 3. The number of amides is 1. The highest BCUT2D eigenvalue weighted by Gasteiger charge is 2.28. The van der Waals surface area contributed by atoms with E-state index < -0.39 is 11.0 Å². The fourth-order valence-electron chi connectivity index (χ4n) is 2.16. The molecule has 1 atom stereocenters. The maximum atomic E-state index is 12.1. The van der Waals surface area contributed by atoms with E-state index in [2.05, 4.69) is 20.9 Å². The van der Waals surface area contributed by atoms with E-state index in [-0.39, 0.29) is 36.4 Å². The second-order valence-corrected chi connectivity index (χ2v) is 6.98. The molecular weight excluding hydrogens is 447 g/mol. The summed E-state index contributed by atoms with van der Waals surface area (Å²) in [6.45, 7) is 12.9. The van der Waals surface area contributed by atoms with Gasteiger partial charge in [-0.15, -0.1) is 24.0 Å². The molecule has 1 unspecified atom stereocenters. The predicted octanol–water partition coefficient (Wildman–Crippen LogP) is 2.13. The van der Waals surface area contributed by atoms with Crippen molar-refractivity contribution in [3.8, 4) is 0 Å². The molecule has 0 spiro atoms. The van der Waals surface area contributed by atoms with Gasteiger partial charge in [0.15, 0.2) is 5.96 Å². The summed E-state index contributed by atoms with van der Waals surface area (Å²) in [5, 5.41) is 19.6. The van der Waals surface area contributed by atoms with E-state index in [4.69, 9.17) is 4.42 Å². The summed E-state index contributed by atoms with van der Waals surface area (Å²) in [6, 6.07) is 3.58. The zero-order chi connectivity index (χ0) is 19.1. The lowest BCUT2D eigenvalue weighted by molar-refractivity contribution is -0.128. The molecule has 26 heavy (non-hydrogen) atoms. The minimum absolute atomic E-state index is 0. The van der Waals surface area contributed by atoms with Gasteiger partial charge in [-0.25, -0.2) is 0 Å². The zero-order valence-corrected chi connectivity index (χ0v) is 18.9. The first-order valence-electron chi connectivity index (χ1n) is 8.72. The van der Waals surface area contributed by atoms with Gasteiger partial charge < -0.3 is 25.5 Å². The number of furan rings is 1. The van der Waals surface area contributed by atoms with Crippen molar-refractivity contribution in [1.29, 1.82) is 0 Å². The molecule has 0 aliphatic rings. The van der Waals surface area contributed by atoms with Crippen LogP contribution in [0.5, 0.6) is 0 Å². The van der Waals surface area contributed by atoms with Crippen molar-refractivity contribution in [2.24, 2.45) is 10.4 Å². The van der Waals surface area contributed by atoms with Gasteiger partial charge in [-0.2, -0.15) is 0 Å². The van der Waals surface area contributed by atoms with Gasteiger partial charge in [0.1, 0.15) is 17.1 Å². The van der Waals surface area contributed by atoms with Crippen LogP contribution >= 0.6 is 24.0 Å². The molecule has 0 fully saturated rings. The first kappa shape index (κ1) is 24.7. The Balaban J connectivity index is 0.00000625. The van der Waals surface area contributed by atoms with E-state index in [1.807, 2.05) is 40.7 Å². The summed E-state index contributed by atoms with van der Waals surface area (Å²) in [6.07, 6.45) is 0. The van der Waals surface area contributed by atoms with Crippen molar-refractivity contribution in [3.63, 3.8) is 0 Å². The van der Waals surface area contributed by atoms with Crippen molar-refractivity contribution in [3.05, 3.63) is 23.7 Å². The molecule has 7 nitrogen and oxygen atoms in total. The summed E-state index contributed by atoms with van der Waals surface area (Å²) in [5.41, 5.74) is -1.78. The first-order valence-corrected chi connectivity index (χ1v) is 8.72. The molecule has 8 heteroatoms. The molecule has 1 amide bonds. The van der Waals surface area contributed by atoms with Crippen LogP contribution < -0.4 is 16.0 Å². The second kappa shape index (κ2) is 10.8. The summed E-state index contributed by atoms with van der Waals surface area (Å²) in [7, 11) is 0. The number of hydrogen-bond acceptors (Lipinski definition) is 4. The Morgan fingerprint density at radius 3 is 2.27 bits per heavy atom. The van der Waals surface area contributed by atoms with Gasteiger partial charge in [0.25, 0.3) is 0 Å². The normalized spacial score (nSPS) is 14.2. The lowest BCUT2D eigenvalue weighted by Crippen LogP contribution is -2.45. The third-order valence-electron chi connectivity index (χ3n) is 3.80. The van der Waals surface area contributed by atoms with Gasteiger partial charge in [0.2, 0.25) is 5.91 Å². The highest BCUT2D eigenvalue weighted by atomic mass is 127. The molecule has 0 aliphatic heterocycles. The zero-order valence-electron chi connectivity index (χ0n) is 16.6. The standard InChI is InChI=1S/C18H32N4O3.HI/c1-7-19-15(23)17(4,5)11-21-16(20-8-2)22-12-18(6,24)14-10-9-13(3)25-14;/h9-10,24H,7-8,11-12H2,1-6H3,(H,19,23)(H2,20,21,22);1H. The number of nitrogens with zero attached hydrogens (tertiary/aromatic N) is 1. The van der Waals surface area contributed by atoms with Gasteiger partial charge in [-0.3, -0.25) is 9.79 Å². The van der Waals surface area contributed by atoms with E-state index in [1.165, 1.54) is 0 Å². The van der Waals surface area contributed by atoms with E-state index in [9.17, 15) is 9.90 Å². The molecule has 4 N–H and O–H groups in total. The smallest absolute Gasteiger partial charge is 0.227 e. The number of aryl methyl sites for hydroxylation is 1. The Bertz CT molecular complexity index is 597. The van der Waals surface area contributed by atoms with Crippen LogP contribution in [0.2, 0.25) is 0 Å². The van der Waals surface area contributed by atoms with E-state index in [1.54, 1.807) is 13.0 Å². The average molecular weight is 480 g/mol. The number of halogens is 1. The summed E-state index contributed by atoms with van der Waals surface area (Å²) in [5.74, 6) is 1.76. The SMILES string of the molecule is CCNC(=O)C(C)(C)CN=C(NCC)NCC(C)(O)c1ccc(C)o1.I. The lowest BCUT2D eigenvalue weighted by atomic mass is 9.92. The predicted molar refractivity (Wildman–Crippen MR) is 115 cm³/mol. The van der Waals surface area contributed by atoms with Crippen molar-refractivity contribution in [2.75, 3.05) is 26.2 Å². The maximum absolute atomic E-state index is 12.1. The average Bonchev–Trinajstić information content (AvgIpc) is 2.98. The van der Waals surface area contributed by atoms with E-state index in [0.29, 0.717) is 31.4 Å². The molecule has 0 saturated heterocycles. The number of guanidine groups is 1. The van der Waals surface area contributed by atoms with Gasteiger partial charge in [-0.05, 0) is 53.7 Å². The second-order valence-electron chi connectivity index (χ2n) is 6.98. The number of aliphatic hydroxyl groups is 1. The number of aliphatic imine (C=N–C) groups is 1. The van der Waals surface area contributed by atoms with Gasteiger partial charge in [0.05, 0.1) is 18.5 Å². The summed E-state index contributed by atoms with van der Waals surface area (Å²) in [4.78, 5) is 16.5. The molecule has 1 rings (SSSR count). The molecule has 150 valence electrons. The molecule has 1 aromatic rings. The summed E-state index contributed by atoms with van der Waals surface area (Å²) < 4.78 is 5.51. The van der Waals surface area contributed by atoms with Crippen LogP contribution in [0, 0.1) is 12.3 Å². The van der Waals surface area contributed by atoms with Crippen LogP contribution in [0.4, 0.5) is 0 Å². The molecule has 1 aromatic heterocycles. The number of carbonyl (C=O) groups is 1. The largest absolute Gasteiger partial charge is 0.463 e. The highest BCUT2D eigenvalue weighted by molar-refractivity contribution is 14.0. The Kier molecular flexibility index (Phi) is 10.2. The fraction of sp³-hybridized carbons (Fsp3) is 0.667. The molecule has 0 saturated carbocycles. The third-order valence-corrected chi connectivity index (χ3v) is 3.80. The molecule has 1 heterocycles. The van der Waals surface area contributed by atoms with Gasteiger partial charge >= 0.3 is 0 Å². The maximum Gasteiger partial charge on any atom is 0.227 e. The molecule has 0 aliphatic carbocycles. The highest BCUT2D eigenvalue weighted by Crippen LogP contribution is 2.22. The Hall–Kier alpha value is -1.29. The summed E-state index contributed by atoms with van der Waals surface area (Å²) >= 11 is 0. The lowest BCUT2D eigenvalue weighted by Gasteiger charge is -2.24. The Morgan fingerprint density at radius 1 is 1.15 bits per heavy atom. The van der Waals surface area contributed by atoms with Crippen LogP contribution in [-0.4, -0.2) is 43.2 Å². The van der Waals surface area contributed by atoms with Crippen molar-refractivity contribution in [2.45, 2.75) is 47.1 Å². The fourth-order valence-corrected chi connectivity index (χ4v) is 2.16. The number of rotatable bonds is 8. The number of carbonyl (C=O) groups excluding carboxylic acids is 1. The Morgan fingerprint density at radius 2 is 1.77 bits per heavy atom. The minimum Gasteiger partial charge on any atom is -0.463 e. The van der Waals surface area contributed by atoms with E-state index >= 15 is 0 Å². The third kappa shape index (κ3) is 7.53. The molecule has 0 radical (unpaired) electrons. The van der Waals surface area contributed by atoms with Crippen molar-refractivity contribution in [1.82, 2.24) is 16.0 Å². The topological polar surface area (TPSA) is 98.9 Å². The van der Waals surface area contributed by atoms with Crippen LogP contribution in [-0.2, 0) is 10.4 Å². The van der Waals surface area contributed by atoms with Gasteiger partial charge in [-0.1, -0.05) is 0 Å². The van der Waals surface area contributed by atoms with Crippen LogP contribution in [0.25, 0.3) is 0 Å². The van der Waals surface area contributed by atoms with E-state index in [0.717, 1.165) is 5.76 Å². The quantitative estimate of drug-likeness (QED) is 0.260. The minimum atomic E-state index is -1.17. The van der Waals surface area contributed by atoms with Crippen LogP contribution in [0.3, 0.4) is 0 Å². The number of hydrogen-bond donors (Lipinski definition) is 4. The van der Waals surface area contributed by atoms with Crippen LogP contribution in [0.1, 0.15) is 46.1 Å². The molecule has 0 aromatic carbocycles. The monoisotopic (exact) mass is 480 g/mol. The molecule has 0 bridgehead atoms. The molecular formula is C18H33IN4O3. The van der Waals surface area contributed by atoms with Crippen LogP contribution in [0.15, 0.2) is 21.5 Å². The van der Waals surface area contributed by atoms with Crippen molar-refractivity contribution < 1.29 is 14.3 Å². The first-order chi connectivity index (χ1) is 11.6. The van der Waals surface area contributed by atoms with Crippen molar-refractivity contribution >= 4 is 35.8 Å². The Labute approximate surface area is 173 Å².